The fourth-order valence-corrected chi connectivity index (χ4v) is 3.14. The van der Waals surface area contributed by atoms with Crippen molar-refractivity contribution in [3.8, 4) is 5.75 Å². The van der Waals surface area contributed by atoms with Crippen LogP contribution in [0.1, 0.15) is 5.56 Å². The molecular formula is C18H18N4O3S. The molecule has 0 atom stereocenters. The van der Waals surface area contributed by atoms with Crippen molar-refractivity contribution in [2.75, 3.05) is 18.7 Å². The van der Waals surface area contributed by atoms with Gasteiger partial charge in [-0.25, -0.2) is 9.66 Å². The van der Waals surface area contributed by atoms with Crippen LogP contribution in [0.3, 0.4) is 0 Å². The van der Waals surface area contributed by atoms with Crippen LogP contribution in [0.4, 0.5) is 0 Å². The molecule has 134 valence electrons. The lowest BCUT2D eigenvalue weighted by Gasteiger charge is -2.09. The molecule has 3 rings (SSSR count). The number of hydrogen-bond donors (Lipinski definition) is 2. The summed E-state index contributed by atoms with van der Waals surface area (Å²) in [5.41, 5.74) is 1.15. The number of rotatable bonds is 6. The van der Waals surface area contributed by atoms with Gasteiger partial charge in [-0.2, -0.15) is 0 Å². The van der Waals surface area contributed by atoms with Gasteiger partial charge >= 0.3 is 0 Å². The summed E-state index contributed by atoms with van der Waals surface area (Å²) >= 11 is 1.12. The molecule has 0 fully saturated rings. The maximum Gasteiger partial charge on any atom is 0.280 e. The number of methoxy groups -OCH3 is 1. The highest BCUT2D eigenvalue weighted by Gasteiger charge is 2.11. The van der Waals surface area contributed by atoms with E-state index in [0.29, 0.717) is 22.6 Å². The molecule has 7 nitrogen and oxygen atoms in total. The zero-order valence-electron chi connectivity index (χ0n) is 14.1. The van der Waals surface area contributed by atoms with Crippen molar-refractivity contribution in [2.45, 2.75) is 11.7 Å². The van der Waals surface area contributed by atoms with E-state index in [0.717, 1.165) is 27.8 Å². The molecule has 1 heterocycles. The van der Waals surface area contributed by atoms with E-state index < -0.39 is 0 Å². The summed E-state index contributed by atoms with van der Waals surface area (Å²) in [5, 5.41) is 3.56. The summed E-state index contributed by atoms with van der Waals surface area (Å²) in [6.45, 7) is 0.386. The Kier molecular flexibility index (Phi) is 5.43. The first-order chi connectivity index (χ1) is 12.6. The maximum atomic E-state index is 12.2. The lowest BCUT2D eigenvalue weighted by molar-refractivity contribution is -0.118. The van der Waals surface area contributed by atoms with Crippen LogP contribution in [0.15, 0.2) is 58.5 Å². The molecular weight excluding hydrogens is 352 g/mol. The molecule has 0 spiro atoms. The smallest absolute Gasteiger partial charge is 0.280 e. The second-order valence-corrected chi connectivity index (χ2v) is 6.45. The number of nitrogen functional groups attached to an aromatic ring is 1. The number of ether oxygens (including phenoxy) is 1. The maximum absolute atomic E-state index is 12.2. The van der Waals surface area contributed by atoms with Crippen molar-refractivity contribution in [1.82, 2.24) is 15.0 Å². The Morgan fingerprint density at radius 2 is 2.08 bits per heavy atom. The van der Waals surface area contributed by atoms with E-state index in [2.05, 4.69) is 10.3 Å². The van der Waals surface area contributed by atoms with Gasteiger partial charge < -0.3 is 15.9 Å². The Hall–Kier alpha value is -3.00. The van der Waals surface area contributed by atoms with E-state index in [4.69, 9.17) is 10.6 Å². The van der Waals surface area contributed by atoms with Gasteiger partial charge in [-0.15, -0.1) is 0 Å². The zero-order valence-corrected chi connectivity index (χ0v) is 15.0. The Labute approximate surface area is 154 Å². The second kappa shape index (κ2) is 7.92. The zero-order chi connectivity index (χ0) is 18.5. The van der Waals surface area contributed by atoms with E-state index >= 15 is 0 Å². The van der Waals surface area contributed by atoms with E-state index in [1.165, 1.54) is 0 Å². The van der Waals surface area contributed by atoms with Crippen LogP contribution in [0.5, 0.6) is 5.75 Å². The standard InChI is InChI=1S/C18H18N4O3S/c1-25-13-6-4-5-12(9-13)10-20-16(23)11-26-18-21-15-8-3-2-7-14(15)17(24)22(18)19/h2-9H,10-11,19H2,1H3,(H,20,23). The third-order valence-corrected chi connectivity index (χ3v) is 4.68. The molecule has 0 aliphatic carbocycles. The number of benzene rings is 2. The van der Waals surface area contributed by atoms with E-state index in [9.17, 15) is 9.59 Å². The predicted octanol–water partition coefficient (Wildman–Crippen LogP) is 1.53. The molecule has 1 aromatic heterocycles. The molecule has 3 aromatic rings. The quantitative estimate of drug-likeness (QED) is 0.388. The summed E-state index contributed by atoms with van der Waals surface area (Å²) in [6, 6.07) is 14.4. The number of amides is 1. The summed E-state index contributed by atoms with van der Waals surface area (Å²) in [4.78, 5) is 28.7. The number of para-hydroxylation sites is 1. The van der Waals surface area contributed by atoms with Gasteiger partial charge in [0.25, 0.3) is 5.56 Å². The van der Waals surface area contributed by atoms with Crippen LogP contribution in [0, 0.1) is 0 Å². The number of nitrogens with one attached hydrogen (secondary N) is 1. The first-order valence-corrected chi connectivity index (χ1v) is 8.86. The molecule has 0 bridgehead atoms. The van der Waals surface area contributed by atoms with E-state index in [-0.39, 0.29) is 17.2 Å². The average Bonchev–Trinajstić information content (AvgIpc) is 2.68. The number of carbonyl (C=O) groups is 1. The monoisotopic (exact) mass is 370 g/mol. The van der Waals surface area contributed by atoms with Gasteiger partial charge in [-0.3, -0.25) is 9.59 Å². The molecule has 1 amide bonds. The van der Waals surface area contributed by atoms with Crippen LogP contribution in [-0.4, -0.2) is 28.4 Å². The van der Waals surface area contributed by atoms with E-state index in [1.807, 2.05) is 24.3 Å². The number of carbonyl (C=O) groups excluding carboxylic acids is 1. The minimum absolute atomic E-state index is 0.103. The second-order valence-electron chi connectivity index (χ2n) is 5.50. The van der Waals surface area contributed by atoms with Crippen molar-refractivity contribution >= 4 is 28.6 Å². The fraction of sp³-hybridized carbons (Fsp3) is 0.167. The topological polar surface area (TPSA) is 99.2 Å². The number of nitrogens with two attached hydrogens (primary N) is 1. The summed E-state index contributed by atoms with van der Waals surface area (Å²) in [5.74, 6) is 6.46. The summed E-state index contributed by atoms with van der Waals surface area (Å²) in [7, 11) is 1.59. The van der Waals surface area contributed by atoms with Gasteiger partial charge in [0.1, 0.15) is 5.75 Å². The molecule has 8 heteroatoms. The Morgan fingerprint density at radius 1 is 1.27 bits per heavy atom. The molecule has 0 saturated carbocycles. The summed E-state index contributed by atoms with van der Waals surface area (Å²) in [6.07, 6.45) is 0. The Balaban J connectivity index is 1.63. The van der Waals surface area contributed by atoms with Crippen molar-refractivity contribution in [3.05, 3.63) is 64.4 Å². The van der Waals surface area contributed by atoms with Gasteiger partial charge in [-0.1, -0.05) is 36.0 Å². The fourth-order valence-electron chi connectivity index (χ4n) is 2.39. The van der Waals surface area contributed by atoms with Gasteiger partial charge in [-0.05, 0) is 29.8 Å². The van der Waals surface area contributed by atoms with Crippen LogP contribution >= 0.6 is 11.8 Å². The largest absolute Gasteiger partial charge is 0.497 e. The first kappa shape index (κ1) is 17.8. The Bertz CT molecular complexity index is 1000. The number of nitrogens with zero attached hydrogens (tertiary/aromatic N) is 2. The van der Waals surface area contributed by atoms with Crippen LogP contribution in [-0.2, 0) is 11.3 Å². The number of fused-ring (bicyclic) bond motifs is 1. The average molecular weight is 370 g/mol. The van der Waals surface area contributed by atoms with Gasteiger partial charge in [0.05, 0.1) is 23.8 Å². The molecule has 0 radical (unpaired) electrons. The summed E-state index contributed by atoms with van der Waals surface area (Å²) < 4.78 is 6.13. The number of hydrogen-bond acceptors (Lipinski definition) is 6. The highest BCUT2D eigenvalue weighted by molar-refractivity contribution is 7.99. The van der Waals surface area contributed by atoms with Crippen molar-refractivity contribution < 1.29 is 9.53 Å². The molecule has 2 aromatic carbocycles. The Morgan fingerprint density at radius 3 is 2.88 bits per heavy atom. The molecule has 3 N–H and O–H groups in total. The highest BCUT2D eigenvalue weighted by Crippen LogP contribution is 2.16. The minimum atomic E-state index is -0.338. The SMILES string of the molecule is COc1cccc(CNC(=O)CSc2nc3ccccc3c(=O)n2N)c1. The lowest BCUT2D eigenvalue weighted by Crippen LogP contribution is -2.31. The normalized spacial score (nSPS) is 10.7. The van der Waals surface area contributed by atoms with Crippen molar-refractivity contribution in [2.24, 2.45) is 0 Å². The third kappa shape index (κ3) is 3.97. The van der Waals surface area contributed by atoms with Crippen molar-refractivity contribution in [3.63, 3.8) is 0 Å². The predicted molar refractivity (Wildman–Crippen MR) is 102 cm³/mol. The molecule has 0 unspecified atom stereocenters. The number of thioether (sulfide) groups is 1. The van der Waals surface area contributed by atoms with Crippen molar-refractivity contribution in [1.29, 1.82) is 0 Å². The van der Waals surface area contributed by atoms with Crippen LogP contribution in [0.25, 0.3) is 10.9 Å². The third-order valence-electron chi connectivity index (χ3n) is 3.73. The van der Waals surface area contributed by atoms with Gasteiger partial charge in [0, 0.05) is 6.54 Å². The molecule has 0 aliphatic rings. The minimum Gasteiger partial charge on any atom is -0.497 e. The van der Waals surface area contributed by atoms with Gasteiger partial charge in [0.2, 0.25) is 5.91 Å². The lowest BCUT2D eigenvalue weighted by atomic mass is 10.2. The van der Waals surface area contributed by atoms with Gasteiger partial charge in [0.15, 0.2) is 5.16 Å². The first-order valence-electron chi connectivity index (χ1n) is 7.88. The molecule has 0 aliphatic heterocycles. The van der Waals surface area contributed by atoms with E-state index in [1.54, 1.807) is 31.4 Å². The van der Waals surface area contributed by atoms with Crippen LogP contribution in [0.2, 0.25) is 0 Å². The van der Waals surface area contributed by atoms with Crippen LogP contribution < -0.4 is 21.5 Å². The number of aromatic nitrogens is 2. The molecule has 0 saturated heterocycles. The molecule has 26 heavy (non-hydrogen) atoms. The highest BCUT2D eigenvalue weighted by atomic mass is 32.2.